The summed E-state index contributed by atoms with van der Waals surface area (Å²) in [6.45, 7) is 2.50. The van der Waals surface area contributed by atoms with Crippen molar-refractivity contribution in [3.63, 3.8) is 0 Å². The minimum absolute atomic E-state index is 0.190. The van der Waals surface area contributed by atoms with E-state index in [4.69, 9.17) is 9.47 Å². The lowest BCUT2D eigenvalue weighted by molar-refractivity contribution is 0.0692. The molecule has 2 saturated heterocycles. The number of hydrogen-bond acceptors (Lipinski definition) is 5. The fraction of sp³-hybridized carbons (Fsp3) is 0.588. The first kappa shape index (κ1) is 19.1. The van der Waals surface area contributed by atoms with Gasteiger partial charge >= 0.3 is 6.09 Å². The van der Waals surface area contributed by atoms with Crippen molar-refractivity contribution in [2.45, 2.75) is 25.5 Å². The molecule has 0 saturated carbocycles. The molecule has 3 rings (SSSR count). The standard InChI is InChI=1S/C17H25N3O5S/c21-17(25-14-15-5-2-1-3-6-15)18-16-7-4-8-20(13-16)26(22,23)19-9-11-24-12-10-19/h1-3,5-6,16H,4,7-14H2,(H,18,21). The minimum Gasteiger partial charge on any atom is -0.445 e. The van der Waals surface area contributed by atoms with Gasteiger partial charge in [0.25, 0.3) is 10.2 Å². The number of piperidine rings is 1. The number of morpholine rings is 1. The van der Waals surface area contributed by atoms with E-state index in [0.717, 1.165) is 12.0 Å². The SMILES string of the molecule is O=C(NC1CCCN(S(=O)(=O)N2CCOCC2)C1)OCc1ccccc1. The van der Waals surface area contributed by atoms with Crippen LogP contribution in [0, 0.1) is 0 Å². The Morgan fingerprint density at radius 2 is 1.88 bits per heavy atom. The number of carbonyl (C=O) groups is 1. The van der Waals surface area contributed by atoms with E-state index in [9.17, 15) is 13.2 Å². The zero-order valence-electron chi connectivity index (χ0n) is 14.7. The lowest BCUT2D eigenvalue weighted by atomic mass is 10.1. The highest BCUT2D eigenvalue weighted by Crippen LogP contribution is 2.18. The van der Waals surface area contributed by atoms with Crippen LogP contribution in [0.15, 0.2) is 30.3 Å². The second kappa shape index (κ2) is 8.81. The van der Waals surface area contributed by atoms with Gasteiger partial charge in [-0.05, 0) is 18.4 Å². The van der Waals surface area contributed by atoms with Crippen LogP contribution >= 0.6 is 0 Å². The third-order valence-corrected chi connectivity index (χ3v) is 6.54. The Morgan fingerprint density at radius 1 is 1.15 bits per heavy atom. The molecule has 2 fully saturated rings. The molecule has 0 spiro atoms. The molecule has 0 aliphatic carbocycles. The van der Waals surface area contributed by atoms with Gasteiger partial charge < -0.3 is 14.8 Å². The molecule has 26 heavy (non-hydrogen) atoms. The number of benzene rings is 1. The molecule has 144 valence electrons. The van der Waals surface area contributed by atoms with E-state index in [1.807, 2.05) is 30.3 Å². The zero-order valence-corrected chi connectivity index (χ0v) is 15.5. The van der Waals surface area contributed by atoms with Crippen LogP contribution in [0.5, 0.6) is 0 Å². The number of alkyl carbamates (subject to hydrolysis) is 1. The number of nitrogens with zero attached hydrogens (tertiary/aromatic N) is 2. The van der Waals surface area contributed by atoms with Gasteiger partial charge in [-0.3, -0.25) is 0 Å². The van der Waals surface area contributed by atoms with Gasteiger partial charge in [0.05, 0.1) is 13.2 Å². The summed E-state index contributed by atoms with van der Waals surface area (Å²) in [4.78, 5) is 12.0. The molecule has 1 N–H and O–H groups in total. The number of hydrogen-bond donors (Lipinski definition) is 1. The second-order valence-corrected chi connectivity index (χ2v) is 8.35. The van der Waals surface area contributed by atoms with Crippen LogP contribution < -0.4 is 5.32 Å². The molecule has 2 heterocycles. The zero-order chi connectivity index (χ0) is 18.4. The van der Waals surface area contributed by atoms with Gasteiger partial charge in [0.2, 0.25) is 0 Å². The van der Waals surface area contributed by atoms with Crippen molar-refractivity contribution in [1.82, 2.24) is 13.9 Å². The number of nitrogens with one attached hydrogen (secondary N) is 1. The van der Waals surface area contributed by atoms with Crippen molar-refractivity contribution in [1.29, 1.82) is 0 Å². The molecule has 1 unspecified atom stereocenters. The molecule has 9 heteroatoms. The van der Waals surface area contributed by atoms with Gasteiger partial charge in [-0.15, -0.1) is 0 Å². The smallest absolute Gasteiger partial charge is 0.407 e. The monoisotopic (exact) mass is 383 g/mol. The number of amides is 1. The Labute approximate surface area is 154 Å². The van der Waals surface area contributed by atoms with Crippen LogP contribution in [0.4, 0.5) is 4.79 Å². The Bertz CT molecular complexity index is 692. The predicted octanol–water partition coefficient (Wildman–Crippen LogP) is 0.954. The Balaban J connectivity index is 1.50. The Kier molecular flexibility index (Phi) is 6.47. The lowest BCUT2D eigenvalue weighted by Crippen LogP contribution is -2.55. The summed E-state index contributed by atoms with van der Waals surface area (Å²) in [5.41, 5.74) is 0.905. The second-order valence-electron chi connectivity index (χ2n) is 6.42. The van der Waals surface area contributed by atoms with E-state index in [1.54, 1.807) is 0 Å². The van der Waals surface area contributed by atoms with Crippen molar-refractivity contribution in [3.8, 4) is 0 Å². The normalized spacial score (nSPS) is 22.7. The molecular weight excluding hydrogens is 358 g/mol. The van der Waals surface area contributed by atoms with Gasteiger partial charge in [0.15, 0.2) is 0 Å². The Hall–Kier alpha value is -1.68. The fourth-order valence-electron chi connectivity index (χ4n) is 3.14. The number of ether oxygens (including phenoxy) is 2. The highest BCUT2D eigenvalue weighted by Gasteiger charge is 2.34. The largest absolute Gasteiger partial charge is 0.445 e. The van der Waals surface area contributed by atoms with Crippen molar-refractivity contribution in [2.75, 3.05) is 39.4 Å². The maximum Gasteiger partial charge on any atom is 0.407 e. The van der Waals surface area contributed by atoms with E-state index in [2.05, 4.69) is 5.32 Å². The van der Waals surface area contributed by atoms with E-state index < -0.39 is 16.3 Å². The molecule has 2 aliphatic rings. The third-order valence-electron chi connectivity index (χ3n) is 4.54. The average molecular weight is 383 g/mol. The average Bonchev–Trinajstić information content (AvgIpc) is 2.68. The van der Waals surface area contributed by atoms with Crippen LogP contribution in [-0.4, -0.2) is 68.6 Å². The predicted molar refractivity (Wildman–Crippen MR) is 95.7 cm³/mol. The fourth-order valence-corrected chi connectivity index (χ4v) is 4.81. The van der Waals surface area contributed by atoms with Crippen molar-refractivity contribution in [3.05, 3.63) is 35.9 Å². The van der Waals surface area contributed by atoms with Crippen LogP contribution in [0.2, 0.25) is 0 Å². The van der Waals surface area contributed by atoms with Gasteiger partial charge in [0, 0.05) is 32.2 Å². The molecule has 8 nitrogen and oxygen atoms in total. The summed E-state index contributed by atoms with van der Waals surface area (Å²) in [7, 11) is -3.51. The highest BCUT2D eigenvalue weighted by atomic mass is 32.2. The Morgan fingerprint density at radius 3 is 2.62 bits per heavy atom. The molecule has 1 atom stereocenters. The third kappa shape index (κ3) is 4.94. The quantitative estimate of drug-likeness (QED) is 0.818. The van der Waals surface area contributed by atoms with Crippen molar-refractivity contribution >= 4 is 16.3 Å². The van der Waals surface area contributed by atoms with E-state index in [-0.39, 0.29) is 19.2 Å². The van der Waals surface area contributed by atoms with E-state index >= 15 is 0 Å². The lowest BCUT2D eigenvalue weighted by Gasteiger charge is -2.36. The van der Waals surface area contributed by atoms with Crippen molar-refractivity contribution < 1.29 is 22.7 Å². The van der Waals surface area contributed by atoms with Crippen LogP contribution in [0.1, 0.15) is 18.4 Å². The van der Waals surface area contributed by atoms with Gasteiger partial charge in [-0.2, -0.15) is 17.0 Å². The van der Waals surface area contributed by atoms with Crippen LogP contribution in [0.3, 0.4) is 0 Å². The first-order valence-corrected chi connectivity index (χ1v) is 10.3. The summed E-state index contributed by atoms with van der Waals surface area (Å²) in [5, 5.41) is 2.78. The molecule has 0 aromatic heterocycles. The molecule has 1 aromatic rings. The summed E-state index contributed by atoms with van der Waals surface area (Å²) in [6.07, 6.45) is 0.910. The molecule has 0 radical (unpaired) electrons. The minimum atomic E-state index is -3.51. The summed E-state index contributed by atoms with van der Waals surface area (Å²) in [6, 6.07) is 9.17. The van der Waals surface area contributed by atoms with Gasteiger partial charge in [0.1, 0.15) is 6.61 Å². The van der Waals surface area contributed by atoms with E-state index in [1.165, 1.54) is 8.61 Å². The summed E-state index contributed by atoms with van der Waals surface area (Å²) >= 11 is 0. The van der Waals surface area contributed by atoms with Gasteiger partial charge in [-0.25, -0.2) is 4.79 Å². The topological polar surface area (TPSA) is 88.2 Å². The van der Waals surface area contributed by atoms with E-state index in [0.29, 0.717) is 39.3 Å². The molecule has 1 aromatic carbocycles. The maximum atomic E-state index is 12.7. The summed E-state index contributed by atoms with van der Waals surface area (Å²) < 4.78 is 38.8. The molecule has 2 aliphatic heterocycles. The van der Waals surface area contributed by atoms with Gasteiger partial charge in [-0.1, -0.05) is 30.3 Å². The van der Waals surface area contributed by atoms with Crippen LogP contribution in [0.25, 0.3) is 0 Å². The highest BCUT2D eigenvalue weighted by molar-refractivity contribution is 7.86. The van der Waals surface area contributed by atoms with Crippen LogP contribution in [-0.2, 0) is 26.3 Å². The number of rotatable bonds is 5. The number of carbonyl (C=O) groups excluding carboxylic acids is 1. The summed E-state index contributed by atoms with van der Waals surface area (Å²) in [5.74, 6) is 0. The first-order valence-electron chi connectivity index (χ1n) is 8.86. The molecular formula is C17H25N3O5S. The molecule has 0 bridgehead atoms. The first-order chi connectivity index (χ1) is 12.6. The maximum absolute atomic E-state index is 12.7. The molecule has 1 amide bonds. The van der Waals surface area contributed by atoms with Crippen molar-refractivity contribution in [2.24, 2.45) is 0 Å².